The first-order chi connectivity index (χ1) is 22.4. The molecule has 46 heavy (non-hydrogen) atoms. The highest BCUT2D eigenvalue weighted by Crippen LogP contribution is 2.50. The number of halogens is 2. The zero-order valence-corrected chi connectivity index (χ0v) is 29.5. The monoisotopic (exact) mass is 681 g/mol. The number of hydrogen-bond acceptors (Lipinski definition) is 7. The van der Waals surface area contributed by atoms with Crippen molar-refractivity contribution < 1.29 is 32.0 Å². The third-order valence-corrected chi connectivity index (χ3v) is 9.35. The van der Waals surface area contributed by atoms with Gasteiger partial charge in [0.2, 0.25) is 0 Å². The maximum atomic E-state index is 13.9. The number of phosphoric acid groups is 1. The molecule has 0 saturated carbocycles. The first kappa shape index (κ1) is 40.2. The predicted molar refractivity (Wildman–Crippen MR) is 183 cm³/mol. The molecular formula is C36H54ClFNO6P. The third-order valence-electron chi connectivity index (χ3n) is 7.71. The van der Waals surface area contributed by atoms with Gasteiger partial charge in [-0.3, -0.25) is 9.05 Å². The van der Waals surface area contributed by atoms with Crippen LogP contribution in [0.4, 0.5) is 4.39 Å². The van der Waals surface area contributed by atoms with Crippen LogP contribution in [0.15, 0.2) is 42.5 Å². The average Bonchev–Trinajstić information content (AvgIpc) is 3.05. The standard InChI is InChI=1S/C36H54ClFNO6P/c1-3-4-5-6-7-8-9-10-11-12-13-14-15-16-17-20-23-42-29-34(43-28-32-24-31(27-39)25-33(38)26-32)30-44-46(40,41-2)45-36-22-19-18-21-35(36)37/h18-19,21-22,24-26,34H,3-17,20,23,28-30H2,1-2H3/t34-,46?/m1/s1. The van der Waals surface area contributed by atoms with Gasteiger partial charge in [-0.2, -0.15) is 5.26 Å². The minimum Gasteiger partial charge on any atom is -0.402 e. The highest BCUT2D eigenvalue weighted by Gasteiger charge is 2.30. The summed E-state index contributed by atoms with van der Waals surface area (Å²) in [7, 11) is -2.80. The molecule has 0 spiro atoms. The SMILES string of the molecule is CCCCCCCCCCCCCCCCCCOC[C@H](COP(=O)(OC)Oc1ccccc1Cl)OCc1cc(F)cc(C#N)c1. The molecule has 2 aromatic rings. The maximum absolute atomic E-state index is 13.9. The molecule has 2 atom stereocenters. The van der Waals surface area contributed by atoms with Crippen molar-refractivity contribution in [3.05, 3.63) is 64.4 Å². The van der Waals surface area contributed by atoms with Crippen molar-refractivity contribution in [2.45, 2.75) is 122 Å². The molecule has 0 aromatic heterocycles. The number of benzene rings is 2. The van der Waals surface area contributed by atoms with Crippen LogP contribution in [0.2, 0.25) is 5.02 Å². The Morgan fingerprint density at radius 1 is 0.848 bits per heavy atom. The van der Waals surface area contributed by atoms with Gasteiger partial charge in [-0.25, -0.2) is 8.96 Å². The van der Waals surface area contributed by atoms with Gasteiger partial charge in [0.05, 0.1) is 36.5 Å². The summed E-state index contributed by atoms with van der Waals surface area (Å²) in [6.45, 7) is 2.81. The number of nitriles is 1. The molecule has 0 aliphatic heterocycles. The van der Waals surface area contributed by atoms with Crippen LogP contribution in [-0.4, -0.2) is 33.0 Å². The first-order valence-corrected chi connectivity index (χ1v) is 18.9. The largest absolute Gasteiger partial charge is 0.529 e. The third kappa shape index (κ3) is 18.4. The fourth-order valence-electron chi connectivity index (χ4n) is 5.05. The van der Waals surface area contributed by atoms with Crippen molar-refractivity contribution in [2.24, 2.45) is 0 Å². The van der Waals surface area contributed by atoms with E-state index in [-0.39, 0.29) is 36.2 Å². The second-order valence-corrected chi connectivity index (χ2v) is 13.8. The molecule has 258 valence electrons. The summed E-state index contributed by atoms with van der Waals surface area (Å²) in [6, 6.07) is 12.5. The number of hydrogen-bond donors (Lipinski definition) is 0. The Hall–Kier alpha value is -1.98. The topological polar surface area (TPSA) is 87.0 Å². The van der Waals surface area contributed by atoms with Crippen molar-refractivity contribution >= 4 is 19.4 Å². The zero-order valence-electron chi connectivity index (χ0n) is 27.9. The number of para-hydroxylation sites is 1. The summed E-state index contributed by atoms with van der Waals surface area (Å²) in [5.74, 6) is -0.363. The molecule has 2 aromatic carbocycles. The molecule has 0 bridgehead atoms. The summed E-state index contributed by atoms with van der Waals surface area (Å²) in [6.07, 6.45) is 20.2. The van der Waals surface area contributed by atoms with Gasteiger partial charge in [-0.1, -0.05) is 127 Å². The Morgan fingerprint density at radius 3 is 2.00 bits per heavy atom. The van der Waals surface area contributed by atoms with Gasteiger partial charge in [-0.15, -0.1) is 0 Å². The number of phosphoric ester groups is 1. The maximum Gasteiger partial charge on any atom is 0.529 e. The normalized spacial score (nSPS) is 13.3. The molecule has 0 radical (unpaired) electrons. The van der Waals surface area contributed by atoms with Crippen LogP contribution in [0.1, 0.15) is 121 Å². The average molecular weight is 682 g/mol. The van der Waals surface area contributed by atoms with E-state index >= 15 is 0 Å². The van der Waals surface area contributed by atoms with Crippen molar-refractivity contribution in [3.8, 4) is 11.8 Å². The van der Waals surface area contributed by atoms with E-state index in [1.54, 1.807) is 30.3 Å². The number of rotatable bonds is 28. The first-order valence-electron chi connectivity index (χ1n) is 17.0. The molecule has 0 heterocycles. The highest BCUT2D eigenvalue weighted by atomic mass is 35.5. The van der Waals surface area contributed by atoms with Crippen LogP contribution < -0.4 is 4.52 Å². The predicted octanol–water partition coefficient (Wildman–Crippen LogP) is 11.4. The van der Waals surface area contributed by atoms with Crippen LogP contribution >= 0.6 is 19.4 Å². The Bertz CT molecular complexity index is 1180. The van der Waals surface area contributed by atoms with Crippen LogP contribution in [0.5, 0.6) is 5.75 Å². The van der Waals surface area contributed by atoms with Crippen LogP contribution in [0, 0.1) is 17.1 Å². The Labute approximate surface area is 281 Å². The van der Waals surface area contributed by atoms with Gasteiger partial charge in [0, 0.05) is 13.7 Å². The Balaban J connectivity index is 1.68. The van der Waals surface area contributed by atoms with Crippen LogP contribution in [0.3, 0.4) is 0 Å². The smallest absolute Gasteiger partial charge is 0.402 e. The van der Waals surface area contributed by atoms with Crippen LogP contribution in [-0.2, 0) is 29.7 Å². The van der Waals surface area contributed by atoms with E-state index in [9.17, 15) is 8.96 Å². The van der Waals surface area contributed by atoms with Crippen molar-refractivity contribution in [2.75, 3.05) is 26.9 Å². The fourth-order valence-corrected chi connectivity index (χ4v) is 6.26. The van der Waals surface area contributed by atoms with Crippen LogP contribution in [0.25, 0.3) is 0 Å². The molecule has 0 aliphatic carbocycles. The zero-order chi connectivity index (χ0) is 33.3. The van der Waals surface area contributed by atoms with E-state index in [1.165, 1.54) is 103 Å². The lowest BCUT2D eigenvalue weighted by Gasteiger charge is -2.22. The second-order valence-electron chi connectivity index (χ2n) is 11.7. The second kappa shape index (κ2) is 25.1. The van der Waals surface area contributed by atoms with Gasteiger partial charge < -0.3 is 14.0 Å². The summed E-state index contributed by atoms with van der Waals surface area (Å²) in [5, 5.41) is 9.42. The van der Waals surface area contributed by atoms with Crippen molar-refractivity contribution in [3.63, 3.8) is 0 Å². The van der Waals surface area contributed by atoms with Gasteiger partial charge in [0.15, 0.2) is 0 Å². The number of ether oxygens (including phenoxy) is 2. The minimum atomic E-state index is -4.02. The lowest BCUT2D eigenvalue weighted by atomic mass is 10.0. The number of nitrogens with zero attached hydrogens (tertiary/aromatic N) is 1. The van der Waals surface area contributed by atoms with E-state index in [4.69, 9.17) is 39.9 Å². The summed E-state index contributed by atoms with van der Waals surface area (Å²) in [4.78, 5) is 0. The molecular weight excluding hydrogens is 628 g/mol. The van der Waals surface area contributed by atoms with Gasteiger partial charge in [-0.05, 0) is 42.3 Å². The highest BCUT2D eigenvalue weighted by molar-refractivity contribution is 7.48. The van der Waals surface area contributed by atoms with Gasteiger partial charge in [0.25, 0.3) is 0 Å². The summed E-state index contributed by atoms with van der Waals surface area (Å²) in [5.41, 5.74) is 0.685. The molecule has 7 nitrogen and oxygen atoms in total. The molecule has 2 rings (SSSR count). The minimum absolute atomic E-state index is 0.00548. The molecule has 0 fully saturated rings. The fraction of sp³-hybridized carbons (Fsp3) is 0.639. The van der Waals surface area contributed by atoms with E-state index in [0.717, 1.165) is 18.9 Å². The molecule has 10 heteroatoms. The van der Waals surface area contributed by atoms with Gasteiger partial charge >= 0.3 is 7.82 Å². The van der Waals surface area contributed by atoms with Crippen molar-refractivity contribution in [1.82, 2.24) is 0 Å². The number of unbranched alkanes of at least 4 members (excludes halogenated alkanes) is 15. The molecule has 0 saturated heterocycles. The summed E-state index contributed by atoms with van der Waals surface area (Å²) < 4.78 is 55.0. The molecule has 0 aliphatic rings. The quantitative estimate of drug-likeness (QED) is 0.0652. The molecule has 0 N–H and O–H groups in total. The van der Waals surface area contributed by atoms with Crippen molar-refractivity contribution in [1.29, 1.82) is 5.26 Å². The Morgan fingerprint density at radius 2 is 1.43 bits per heavy atom. The van der Waals surface area contributed by atoms with E-state index in [2.05, 4.69) is 6.92 Å². The Kier molecular flexibility index (Phi) is 21.9. The van der Waals surface area contributed by atoms with Gasteiger partial charge in [0.1, 0.15) is 17.7 Å². The molecule has 0 amide bonds. The van der Waals surface area contributed by atoms with E-state index in [1.807, 2.05) is 6.07 Å². The lowest BCUT2D eigenvalue weighted by Crippen LogP contribution is -2.26. The summed E-state index contributed by atoms with van der Waals surface area (Å²) >= 11 is 6.14. The van der Waals surface area contributed by atoms with E-state index < -0.39 is 19.7 Å². The lowest BCUT2D eigenvalue weighted by molar-refractivity contribution is -0.0496. The molecule has 1 unspecified atom stereocenters. The van der Waals surface area contributed by atoms with E-state index in [0.29, 0.717) is 12.2 Å².